The lowest BCUT2D eigenvalue weighted by molar-refractivity contribution is 0.182. The summed E-state index contributed by atoms with van der Waals surface area (Å²) in [6, 6.07) is 0.792. The Labute approximate surface area is 81.0 Å². The first-order valence-corrected chi connectivity index (χ1v) is 5.65. The minimum atomic E-state index is 0.792. The van der Waals surface area contributed by atoms with Crippen LogP contribution >= 0.6 is 0 Å². The van der Waals surface area contributed by atoms with Crippen LogP contribution in [0.25, 0.3) is 0 Å². The van der Waals surface area contributed by atoms with Crippen molar-refractivity contribution in [1.29, 1.82) is 0 Å². The quantitative estimate of drug-likeness (QED) is 0.702. The molecular weight excluding hydrogens is 162 g/mol. The van der Waals surface area contributed by atoms with E-state index in [-0.39, 0.29) is 0 Å². The van der Waals surface area contributed by atoms with Gasteiger partial charge in [-0.2, -0.15) is 0 Å². The molecule has 1 saturated heterocycles. The highest BCUT2D eigenvalue weighted by molar-refractivity contribution is 4.86. The van der Waals surface area contributed by atoms with Gasteiger partial charge in [0.2, 0.25) is 0 Å². The van der Waals surface area contributed by atoms with Gasteiger partial charge in [-0.1, -0.05) is 0 Å². The van der Waals surface area contributed by atoms with Crippen molar-refractivity contribution < 1.29 is 4.74 Å². The molecule has 2 unspecified atom stereocenters. The minimum absolute atomic E-state index is 0.792. The van der Waals surface area contributed by atoms with Gasteiger partial charge in [-0.05, 0) is 51.0 Å². The molecule has 1 N–H and O–H groups in total. The Morgan fingerprint density at radius 1 is 1.38 bits per heavy atom. The first-order chi connectivity index (χ1) is 6.40. The predicted octanol–water partition coefficient (Wildman–Crippen LogP) is 1.80. The van der Waals surface area contributed by atoms with Gasteiger partial charge in [0.05, 0.1) is 0 Å². The molecule has 0 bridgehead atoms. The molecular formula is C11H21NO. The number of nitrogens with one attached hydrogen (secondary N) is 1. The Hall–Kier alpha value is -0.0800. The molecule has 0 aromatic heterocycles. The summed E-state index contributed by atoms with van der Waals surface area (Å²) in [6.45, 7) is 2.01. The van der Waals surface area contributed by atoms with Crippen LogP contribution in [0.5, 0.6) is 0 Å². The molecule has 1 aliphatic heterocycles. The summed E-state index contributed by atoms with van der Waals surface area (Å²) >= 11 is 0. The van der Waals surface area contributed by atoms with Crippen LogP contribution in [0.2, 0.25) is 0 Å². The predicted molar refractivity (Wildman–Crippen MR) is 53.7 cm³/mol. The standard InChI is InChI=1S/C11H21NO/c1-12-11(10-3-4-10)5-2-9-6-7-13-8-9/h9-12H,2-8H2,1H3. The molecule has 0 amide bonds. The third-order valence-electron chi connectivity index (χ3n) is 3.47. The average Bonchev–Trinajstić information content (AvgIpc) is 2.84. The number of hydrogen-bond donors (Lipinski definition) is 1. The fourth-order valence-corrected chi connectivity index (χ4v) is 2.34. The molecule has 2 atom stereocenters. The molecule has 2 heteroatoms. The summed E-state index contributed by atoms with van der Waals surface area (Å²) in [5.74, 6) is 1.85. The second kappa shape index (κ2) is 4.43. The van der Waals surface area contributed by atoms with E-state index >= 15 is 0 Å². The van der Waals surface area contributed by atoms with Gasteiger partial charge in [-0.25, -0.2) is 0 Å². The van der Waals surface area contributed by atoms with Crippen LogP contribution in [0.4, 0.5) is 0 Å². The zero-order valence-electron chi connectivity index (χ0n) is 8.59. The van der Waals surface area contributed by atoms with Gasteiger partial charge in [0.15, 0.2) is 0 Å². The van der Waals surface area contributed by atoms with E-state index in [1.54, 1.807) is 0 Å². The number of hydrogen-bond acceptors (Lipinski definition) is 2. The molecule has 2 aliphatic rings. The maximum atomic E-state index is 5.38. The SMILES string of the molecule is CNC(CCC1CCOC1)C1CC1. The maximum absolute atomic E-state index is 5.38. The highest BCUT2D eigenvalue weighted by atomic mass is 16.5. The van der Waals surface area contributed by atoms with E-state index in [1.807, 2.05) is 0 Å². The van der Waals surface area contributed by atoms with Crippen molar-refractivity contribution in [1.82, 2.24) is 5.32 Å². The Morgan fingerprint density at radius 3 is 2.77 bits per heavy atom. The van der Waals surface area contributed by atoms with Gasteiger partial charge < -0.3 is 10.1 Å². The molecule has 2 nitrogen and oxygen atoms in total. The largest absolute Gasteiger partial charge is 0.381 e. The molecule has 0 radical (unpaired) electrons. The van der Waals surface area contributed by atoms with E-state index in [4.69, 9.17) is 4.74 Å². The lowest BCUT2D eigenvalue weighted by Gasteiger charge is -2.16. The van der Waals surface area contributed by atoms with Gasteiger partial charge in [0, 0.05) is 19.3 Å². The van der Waals surface area contributed by atoms with Crippen molar-refractivity contribution in [3.05, 3.63) is 0 Å². The van der Waals surface area contributed by atoms with Crippen LogP contribution < -0.4 is 5.32 Å². The summed E-state index contributed by atoms with van der Waals surface area (Å²) in [6.07, 6.45) is 6.91. The minimum Gasteiger partial charge on any atom is -0.381 e. The van der Waals surface area contributed by atoms with Gasteiger partial charge in [0.1, 0.15) is 0 Å². The summed E-state index contributed by atoms with van der Waals surface area (Å²) in [4.78, 5) is 0. The van der Waals surface area contributed by atoms with E-state index < -0.39 is 0 Å². The Morgan fingerprint density at radius 2 is 2.23 bits per heavy atom. The van der Waals surface area contributed by atoms with Crippen LogP contribution in [0.15, 0.2) is 0 Å². The van der Waals surface area contributed by atoms with E-state index in [0.717, 1.165) is 31.1 Å². The van der Waals surface area contributed by atoms with E-state index in [1.165, 1.54) is 32.1 Å². The fraction of sp³-hybridized carbons (Fsp3) is 1.00. The Bertz CT molecular complexity index is 150. The Kier molecular flexibility index (Phi) is 3.23. The fourth-order valence-electron chi connectivity index (χ4n) is 2.34. The van der Waals surface area contributed by atoms with Crippen molar-refractivity contribution in [3.63, 3.8) is 0 Å². The van der Waals surface area contributed by atoms with E-state index in [2.05, 4.69) is 12.4 Å². The van der Waals surface area contributed by atoms with Gasteiger partial charge in [-0.15, -0.1) is 0 Å². The van der Waals surface area contributed by atoms with Crippen molar-refractivity contribution in [3.8, 4) is 0 Å². The Balaban J connectivity index is 1.64. The molecule has 1 aliphatic carbocycles. The smallest absolute Gasteiger partial charge is 0.0495 e. The van der Waals surface area contributed by atoms with Gasteiger partial charge in [0.25, 0.3) is 0 Å². The summed E-state index contributed by atoms with van der Waals surface area (Å²) in [5.41, 5.74) is 0. The molecule has 2 rings (SSSR count). The highest BCUT2D eigenvalue weighted by Gasteiger charge is 2.30. The van der Waals surface area contributed by atoms with Crippen molar-refractivity contribution in [2.24, 2.45) is 11.8 Å². The first-order valence-electron chi connectivity index (χ1n) is 5.65. The van der Waals surface area contributed by atoms with Gasteiger partial charge >= 0.3 is 0 Å². The van der Waals surface area contributed by atoms with Crippen LogP contribution in [0.3, 0.4) is 0 Å². The summed E-state index contributed by atoms with van der Waals surface area (Å²) in [7, 11) is 2.11. The first kappa shape index (κ1) is 9.47. The molecule has 1 heterocycles. The van der Waals surface area contributed by atoms with Crippen molar-refractivity contribution in [2.75, 3.05) is 20.3 Å². The summed E-state index contributed by atoms with van der Waals surface area (Å²) in [5, 5.41) is 3.45. The zero-order valence-corrected chi connectivity index (χ0v) is 8.59. The third-order valence-corrected chi connectivity index (χ3v) is 3.47. The normalized spacial score (nSPS) is 30.7. The molecule has 76 valence electrons. The summed E-state index contributed by atoms with van der Waals surface area (Å²) < 4.78 is 5.38. The molecule has 0 aromatic carbocycles. The zero-order chi connectivity index (χ0) is 9.10. The second-order valence-corrected chi connectivity index (χ2v) is 4.54. The second-order valence-electron chi connectivity index (χ2n) is 4.54. The molecule has 0 spiro atoms. The van der Waals surface area contributed by atoms with Crippen LogP contribution in [-0.2, 0) is 4.74 Å². The molecule has 13 heavy (non-hydrogen) atoms. The lowest BCUT2D eigenvalue weighted by atomic mass is 9.97. The monoisotopic (exact) mass is 183 g/mol. The molecule has 1 saturated carbocycles. The van der Waals surface area contributed by atoms with Gasteiger partial charge in [-0.3, -0.25) is 0 Å². The van der Waals surface area contributed by atoms with Crippen molar-refractivity contribution in [2.45, 2.75) is 38.1 Å². The average molecular weight is 183 g/mol. The molecule has 0 aromatic rings. The maximum Gasteiger partial charge on any atom is 0.0495 e. The van der Waals surface area contributed by atoms with E-state index in [9.17, 15) is 0 Å². The van der Waals surface area contributed by atoms with Crippen LogP contribution in [-0.4, -0.2) is 26.3 Å². The van der Waals surface area contributed by atoms with Crippen molar-refractivity contribution >= 4 is 0 Å². The van der Waals surface area contributed by atoms with Crippen LogP contribution in [0, 0.1) is 11.8 Å². The topological polar surface area (TPSA) is 21.3 Å². The van der Waals surface area contributed by atoms with E-state index in [0.29, 0.717) is 0 Å². The molecule has 2 fully saturated rings. The van der Waals surface area contributed by atoms with Crippen LogP contribution in [0.1, 0.15) is 32.1 Å². The third kappa shape index (κ3) is 2.68. The lowest BCUT2D eigenvalue weighted by Crippen LogP contribution is -2.27. The number of ether oxygens (including phenoxy) is 1. The highest BCUT2D eigenvalue weighted by Crippen LogP contribution is 2.35. The number of rotatable bonds is 5.